The van der Waals surface area contributed by atoms with Crippen LogP contribution in [0, 0.1) is 0 Å². The van der Waals surface area contributed by atoms with Crippen molar-refractivity contribution in [2.24, 2.45) is 0 Å². The number of carbonyl (C=O) groups is 1. The van der Waals surface area contributed by atoms with Crippen molar-refractivity contribution in [3.8, 4) is 0 Å². The summed E-state index contributed by atoms with van der Waals surface area (Å²) in [5.74, 6) is 1.07. The monoisotopic (exact) mass is 382 g/mol. The van der Waals surface area contributed by atoms with E-state index in [0.717, 1.165) is 27.1 Å². The highest BCUT2D eigenvalue weighted by atomic mass is 32.2. The number of para-hydroxylation sites is 1. The van der Waals surface area contributed by atoms with Gasteiger partial charge in [-0.05, 0) is 17.7 Å². The average molecular weight is 382 g/mol. The zero-order valence-corrected chi connectivity index (χ0v) is 16.0. The number of carbonyl (C=O) groups excluding carboxylic acids is 1. The Morgan fingerprint density at radius 3 is 2.25 bits per heavy atom. The topological polar surface area (TPSA) is 42.9 Å². The molecule has 0 spiro atoms. The minimum absolute atomic E-state index is 0.0923. The molecule has 4 rings (SSSR count). The maximum Gasteiger partial charge on any atom is 0.173 e. The normalized spacial score (nSPS) is 11.1. The summed E-state index contributed by atoms with van der Waals surface area (Å²) in [6.07, 6.45) is 3.90. The molecule has 3 aromatic carbocycles. The summed E-state index contributed by atoms with van der Waals surface area (Å²) in [5, 5.41) is 1.79. The van der Waals surface area contributed by atoms with Gasteiger partial charge >= 0.3 is 0 Å². The lowest BCUT2D eigenvalue weighted by Gasteiger charge is -2.07. The summed E-state index contributed by atoms with van der Waals surface area (Å²) < 4.78 is 0. The molecule has 0 saturated carbocycles. The zero-order chi connectivity index (χ0) is 19.2. The quantitative estimate of drug-likeness (QED) is 0.241. The predicted molar refractivity (Wildman–Crippen MR) is 116 cm³/mol. The number of benzene rings is 3. The molecule has 3 nitrogen and oxygen atoms in total. The number of aromatic nitrogens is 2. The second-order valence-electron chi connectivity index (χ2n) is 6.23. The molecule has 0 atom stereocenters. The summed E-state index contributed by atoms with van der Waals surface area (Å²) in [7, 11) is 0. The summed E-state index contributed by atoms with van der Waals surface area (Å²) in [6, 6.07) is 27.3. The molecule has 0 amide bonds. The van der Waals surface area contributed by atoms with Crippen molar-refractivity contribution in [2.45, 2.75) is 5.03 Å². The third-order valence-electron chi connectivity index (χ3n) is 4.25. The van der Waals surface area contributed by atoms with Crippen molar-refractivity contribution in [2.75, 3.05) is 5.75 Å². The number of fused-ring (bicyclic) bond motifs is 1. The van der Waals surface area contributed by atoms with E-state index in [1.54, 1.807) is 0 Å². The Bertz CT molecular complexity index is 1130. The fraction of sp³-hybridized carbons (Fsp3) is 0.0417. The number of ketones is 1. The number of hydrogen-bond acceptors (Lipinski definition) is 4. The van der Waals surface area contributed by atoms with Crippen LogP contribution in [-0.4, -0.2) is 21.5 Å². The van der Waals surface area contributed by atoms with Crippen molar-refractivity contribution in [3.05, 3.63) is 102 Å². The Kier molecular flexibility index (Phi) is 5.59. The third kappa shape index (κ3) is 4.35. The van der Waals surface area contributed by atoms with E-state index in [1.165, 1.54) is 11.8 Å². The Morgan fingerprint density at radius 2 is 1.46 bits per heavy atom. The van der Waals surface area contributed by atoms with Crippen LogP contribution in [-0.2, 0) is 0 Å². The molecule has 0 radical (unpaired) electrons. The molecule has 0 fully saturated rings. The fourth-order valence-corrected chi connectivity index (χ4v) is 3.75. The Morgan fingerprint density at radius 1 is 0.786 bits per heavy atom. The van der Waals surface area contributed by atoms with Gasteiger partial charge in [-0.2, -0.15) is 0 Å². The first-order valence-electron chi connectivity index (χ1n) is 9.00. The van der Waals surface area contributed by atoms with E-state index in [1.807, 2.05) is 97.1 Å². The first kappa shape index (κ1) is 18.1. The highest BCUT2D eigenvalue weighted by molar-refractivity contribution is 8.00. The lowest BCUT2D eigenvalue weighted by atomic mass is 10.2. The maximum absolute atomic E-state index is 12.5. The van der Waals surface area contributed by atoms with Crippen LogP contribution in [0.2, 0.25) is 0 Å². The van der Waals surface area contributed by atoms with Gasteiger partial charge in [0.25, 0.3) is 0 Å². The summed E-state index contributed by atoms with van der Waals surface area (Å²) >= 11 is 1.45. The largest absolute Gasteiger partial charge is 0.293 e. The van der Waals surface area contributed by atoms with Crippen LogP contribution >= 0.6 is 11.8 Å². The van der Waals surface area contributed by atoms with Crippen molar-refractivity contribution in [3.63, 3.8) is 0 Å². The molecule has 0 saturated heterocycles. The molecular weight excluding hydrogens is 364 g/mol. The number of Topliss-reactive ketones (excluding diaryl/α,β-unsaturated/α-hetero) is 1. The van der Waals surface area contributed by atoms with E-state index >= 15 is 0 Å². The molecule has 0 aliphatic heterocycles. The molecule has 136 valence electrons. The van der Waals surface area contributed by atoms with Crippen molar-refractivity contribution in [1.29, 1.82) is 0 Å². The molecule has 0 unspecified atom stereocenters. The first-order valence-corrected chi connectivity index (χ1v) is 9.99. The van der Waals surface area contributed by atoms with Crippen molar-refractivity contribution >= 4 is 40.6 Å². The van der Waals surface area contributed by atoms with Crippen LogP contribution < -0.4 is 0 Å². The van der Waals surface area contributed by atoms with E-state index in [-0.39, 0.29) is 5.78 Å². The van der Waals surface area contributed by atoms with Crippen LogP contribution in [0.15, 0.2) is 90.0 Å². The summed E-state index contributed by atoms with van der Waals surface area (Å²) in [4.78, 5) is 21.8. The van der Waals surface area contributed by atoms with E-state index in [2.05, 4.69) is 4.98 Å². The molecule has 0 aliphatic rings. The molecule has 0 bridgehead atoms. The fourth-order valence-electron chi connectivity index (χ4n) is 2.83. The first-order chi connectivity index (χ1) is 13.8. The lowest BCUT2D eigenvalue weighted by molar-refractivity contribution is 0.102. The van der Waals surface area contributed by atoms with Gasteiger partial charge in [0, 0.05) is 10.9 Å². The molecule has 4 aromatic rings. The Hall–Kier alpha value is -3.24. The van der Waals surface area contributed by atoms with Gasteiger partial charge in [0.2, 0.25) is 0 Å². The second kappa shape index (κ2) is 8.63. The molecule has 28 heavy (non-hydrogen) atoms. The second-order valence-corrected chi connectivity index (χ2v) is 7.19. The zero-order valence-electron chi connectivity index (χ0n) is 15.2. The average Bonchev–Trinajstić information content (AvgIpc) is 2.77. The van der Waals surface area contributed by atoms with E-state index < -0.39 is 0 Å². The van der Waals surface area contributed by atoms with Crippen LogP contribution in [0.3, 0.4) is 0 Å². The van der Waals surface area contributed by atoms with Crippen molar-refractivity contribution in [1.82, 2.24) is 9.97 Å². The van der Waals surface area contributed by atoms with Gasteiger partial charge in [-0.25, -0.2) is 9.97 Å². The minimum Gasteiger partial charge on any atom is -0.293 e. The predicted octanol–water partition coefficient (Wildman–Crippen LogP) is 5.78. The lowest BCUT2D eigenvalue weighted by Crippen LogP contribution is -2.03. The summed E-state index contributed by atoms with van der Waals surface area (Å²) in [5.41, 5.74) is 2.69. The molecule has 1 heterocycles. The maximum atomic E-state index is 12.5. The molecular formula is C24H18N2OS. The van der Waals surface area contributed by atoms with Gasteiger partial charge in [-0.3, -0.25) is 4.79 Å². The van der Waals surface area contributed by atoms with Gasteiger partial charge in [0.15, 0.2) is 11.6 Å². The highest BCUT2D eigenvalue weighted by Crippen LogP contribution is 2.26. The molecule has 0 N–H and O–H groups in total. The van der Waals surface area contributed by atoms with Crippen LogP contribution in [0.1, 0.15) is 21.7 Å². The molecule has 1 aromatic heterocycles. The molecule has 4 heteroatoms. The van der Waals surface area contributed by atoms with Gasteiger partial charge in [0.1, 0.15) is 5.03 Å². The highest BCUT2D eigenvalue weighted by Gasteiger charge is 2.11. The van der Waals surface area contributed by atoms with Gasteiger partial charge in [-0.15, -0.1) is 0 Å². The van der Waals surface area contributed by atoms with Gasteiger partial charge in [-0.1, -0.05) is 96.7 Å². The van der Waals surface area contributed by atoms with Crippen molar-refractivity contribution < 1.29 is 4.79 Å². The summed E-state index contributed by atoms with van der Waals surface area (Å²) in [6.45, 7) is 0. The standard InChI is InChI=1S/C24H18N2OS/c27-22(19-11-5-2-6-12-19)17-28-24-20-13-7-8-14-21(20)25-23(26-24)16-15-18-9-3-1-4-10-18/h1-16H,17H2/b16-15+. The number of hydrogen-bond donors (Lipinski definition) is 0. The van der Waals surface area contributed by atoms with Crippen LogP contribution in [0.25, 0.3) is 23.1 Å². The van der Waals surface area contributed by atoms with Gasteiger partial charge < -0.3 is 0 Å². The number of rotatable bonds is 6. The SMILES string of the molecule is O=C(CSc1nc(/C=C/c2ccccc2)nc2ccccc12)c1ccccc1. The number of nitrogens with zero attached hydrogens (tertiary/aromatic N) is 2. The number of thioether (sulfide) groups is 1. The van der Waals surface area contributed by atoms with Gasteiger partial charge in [0.05, 0.1) is 11.3 Å². The van der Waals surface area contributed by atoms with E-state index in [4.69, 9.17) is 4.98 Å². The van der Waals surface area contributed by atoms with Crippen LogP contribution in [0.5, 0.6) is 0 Å². The third-order valence-corrected chi connectivity index (χ3v) is 5.24. The minimum atomic E-state index is 0.0923. The molecule has 0 aliphatic carbocycles. The Balaban J connectivity index is 1.61. The van der Waals surface area contributed by atoms with E-state index in [0.29, 0.717) is 11.6 Å². The van der Waals surface area contributed by atoms with E-state index in [9.17, 15) is 4.79 Å². The van der Waals surface area contributed by atoms with Crippen LogP contribution in [0.4, 0.5) is 0 Å². The smallest absolute Gasteiger partial charge is 0.173 e. The Labute approximate surface area is 168 Å².